The third-order valence-electron chi connectivity index (χ3n) is 3.45. The van der Waals surface area contributed by atoms with E-state index in [0.717, 1.165) is 25.8 Å². The van der Waals surface area contributed by atoms with Gasteiger partial charge in [0.25, 0.3) is 0 Å². The lowest BCUT2D eigenvalue weighted by Crippen LogP contribution is -2.35. The third kappa shape index (κ3) is 7.15. The number of aliphatic carboxylic acids is 1. The Morgan fingerprint density at radius 2 is 2.16 bits per heavy atom. The Labute approximate surface area is 115 Å². The van der Waals surface area contributed by atoms with Crippen LogP contribution in [0.4, 0.5) is 0 Å². The molecule has 0 aliphatic carbocycles. The van der Waals surface area contributed by atoms with Crippen LogP contribution >= 0.6 is 0 Å². The van der Waals surface area contributed by atoms with Gasteiger partial charge in [-0.05, 0) is 37.6 Å². The lowest BCUT2D eigenvalue weighted by Gasteiger charge is -2.18. The van der Waals surface area contributed by atoms with Crippen molar-refractivity contribution in [2.24, 2.45) is 11.8 Å². The Hall–Kier alpha value is -1.10. The molecule has 0 aromatic carbocycles. The van der Waals surface area contributed by atoms with E-state index in [-0.39, 0.29) is 18.2 Å². The average molecular weight is 270 g/mol. The Kier molecular flexibility index (Phi) is 6.84. The van der Waals surface area contributed by atoms with Crippen molar-refractivity contribution in [3.63, 3.8) is 0 Å². The maximum Gasteiger partial charge on any atom is 0.303 e. The van der Waals surface area contributed by atoms with E-state index in [9.17, 15) is 9.59 Å². The zero-order chi connectivity index (χ0) is 14.3. The summed E-state index contributed by atoms with van der Waals surface area (Å²) >= 11 is 0. The van der Waals surface area contributed by atoms with Crippen LogP contribution in [-0.4, -0.2) is 36.1 Å². The highest BCUT2D eigenvalue weighted by Gasteiger charge is 2.19. The van der Waals surface area contributed by atoms with Crippen LogP contribution in [-0.2, 0) is 9.59 Å². The number of carboxylic acids is 1. The van der Waals surface area contributed by atoms with Crippen LogP contribution in [0.25, 0.3) is 0 Å². The smallest absolute Gasteiger partial charge is 0.303 e. The van der Waals surface area contributed by atoms with Crippen LogP contribution in [0.5, 0.6) is 0 Å². The van der Waals surface area contributed by atoms with Crippen molar-refractivity contribution in [3.8, 4) is 0 Å². The van der Waals surface area contributed by atoms with Gasteiger partial charge in [0.1, 0.15) is 0 Å². The first kappa shape index (κ1) is 16.0. The van der Waals surface area contributed by atoms with Crippen LogP contribution in [0, 0.1) is 11.8 Å². The van der Waals surface area contributed by atoms with Crippen molar-refractivity contribution < 1.29 is 14.7 Å². The molecule has 0 saturated carbocycles. The molecular formula is C14H26N2O3. The second kappa shape index (κ2) is 8.15. The molecule has 1 amide bonds. The summed E-state index contributed by atoms with van der Waals surface area (Å²) in [4.78, 5) is 22.6. The molecule has 3 N–H and O–H groups in total. The second-order valence-electron chi connectivity index (χ2n) is 5.89. The van der Waals surface area contributed by atoms with E-state index >= 15 is 0 Å². The standard InChI is InChI=1S/C14H26N2O3/c1-10(2)6-11(7-14(18)19)9-16-13(17)8-12-4-3-5-15-12/h10-12,15H,3-9H2,1-2H3,(H,16,17)(H,18,19)/t11-,12+/m0/s1. The SMILES string of the molecule is CC(C)C[C@H](CNC(=O)C[C@H]1CCCN1)CC(=O)O. The second-order valence-corrected chi connectivity index (χ2v) is 5.89. The van der Waals surface area contributed by atoms with Gasteiger partial charge in [-0.25, -0.2) is 0 Å². The highest BCUT2D eigenvalue weighted by atomic mass is 16.4. The van der Waals surface area contributed by atoms with E-state index in [1.165, 1.54) is 0 Å². The minimum atomic E-state index is -0.794. The first-order valence-corrected chi connectivity index (χ1v) is 7.19. The highest BCUT2D eigenvalue weighted by molar-refractivity contribution is 5.76. The van der Waals surface area contributed by atoms with Crippen molar-refractivity contribution in [2.75, 3.05) is 13.1 Å². The largest absolute Gasteiger partial charge is 0.481 e. The van der Waals surface area contributed by atoms with E-state index < -0.39 is 5.97 Å². The van der Waals surface area contributed by atoms with Crippen LogP contribution in [0.3, 0.4) is 0 Å². The topological polar surface area (TPSA) is 78.4 Å². The molecule has 0 bridgehead atoms. The van der Waals surface area contributed by atoms with E-state index in [4.69, 9.17) is 5.11 Å². The molecule has 5 heteroatoms. The van der Waals surface area contributed by atoms with Crippen molar-refractivity contribution in [1.82, 2.24) is 10.6 Å². The Morgan fingerprint density at radius 3 is 2.68 bits per heavy atom. The molecule has 0 aromatic rings. The summed E-state index contributed by atoms with van der Waals surface area (Å²) in [6.45, 7) is 5.60. The molecule has 1 rings (SSSR count). The number of hydrogen-bond acceptors (Lipinski definition) is 3. The molecule has 0 radical (unpaired) electrons. The molecule has 1 fully saturated rings. The molecule has 0 unspecified atom stereocenters. The first-order chi connectivity index (χ1) is 8.97. The molecule has 0 spiro atoms. The minimum Gasteiger partial charge on any atom is -0.481 e. The molecular weight excluding hydrogens is 244 g/mol. The summed E-state index contributed by atoms with van der Waals surface area (Å²) in [5.74, 6) is -0.299. The molecule has 110 valence electrons. The van der Waals surface area contributed by atoms with Gasteiger partial charge in [0, 0.05) is 25.4 Å². The molecule has 1 aliphatic rings. The number of carboxylic acid groups (broad SMARTS) is 1. The van der Waals surface area contributed by atoms with Gasteiger partial charge in [-0.2, -0.15) is 0 Å². The number of carbonyl (C=O) groups excluding carboxylic acids is 1. The van der Waals surface area contributed by atoms with Gasteiger partial charge in [-0.1, -0.05) is 13.8 Å². The van der Waals surface area contributed by atoms with Gasteiger partial charge in [0.15, 0.2) is 0 Å². The molecule has 1 heterocycles. The Balaban J connectivity index is 2.28. The number of hydrogen-bond donors (Lipinski definition) is 3. The number of rotatable bonds is 8. The van der Waals surface area contributed by atoms with Gasteiger partial charge in [0.2, 0.25) is 5.91 Å². The summed E-state index contributed by atoms with van der Waals surface area (Å²) in [6.07, 6.45) is 3.64. The molecule has 1 saturated heterocycles. The van der Waals surface area contributed by atoms with Crippen LogP contribution in [0.1, 0.15) is 46.0 Å². The molecule has 1 aliphatic heterocycles. The molecule has 0 aromatic heterocycles. The van der Waals surface area contributed by atoms with E-state index in [0.29, 0.717) is 24.9 Å². The fraction of sp³-hybridized carbons (Fsp3) is 0.857. The van der Waals surface area contributed by atoms with Gasteiger partial charge in [-0.3, -0.25) is 9.59 Å². The monoisotopic (exact) mass is 270 g/mol. The summed E-state index contributed by atoms with van der Waals surface area (Å²) < 4.78 is 0. The van der Waals surface area contributed by atoms with Crippen LogP contribution < -0.4 is 10.6 Å². The lowest BCUT2D eigenvalue weighted by molar-refractivity contribution is -0.138. The van der Waals surface area contributed by atoms with Crippen LogP contribution in [0.2, 0.25) is 0 Å². The van der Waals surface area contributed by atoms with Gasteiger partial charge < -0.3 is 15.7 Å². The first-order valence-electron chi connectivity index (χ1n) is 7.19. The van der Waals surface area contributed by atoms with Gasteiger partial charge >= 0.3 is 5.97 Å². The minimum absolute atomic E-state index is 0.0259. The quantitative estimate of drug-likeness (QED) is 0.622. The summed E-state index contributed by atoms with van der Waals surface area (Å²) in [5.41, 5.74) is 0. The summed E-state index contributed by atoms with van der Waals surface area (Å²) in [6, 6.07) is 0.294. The Morgan fingerprint density at radius 1 is 1.42 bits per heavy atom. The number of nitrogens with one attached hydrogen (secondary N) is 2. The zero-order valence-corrected chi connectivity index (χ0v) is 11.9. The molecule has 5 nitrogen and oxygen atoms in total. The van der Waals surface area contributed by atoms with E-state index in [1.54, 1.807) is 0 Å². The maximum atomic E-state index is 11.8. The lowest BCUT2D eigenvalue weighted by atomic mass is 9.94. The average Bonchev–Trinajstić information content (AvgIpc) is 2.77. The third-order valence-corrected chi connectivity index (χ3v) is 3.45. The zero-order valence-electron chi connectivity index (χ0n) is 11.9. The molecule has 2 atom stereocenters. The summed E-state index contributed by atoms with van der Waals surface area (Å²) in [7, 11) is 0. The Bertz CT molecular complexity index is 299. The van der Waals surface area contributed by atoms with Gasteiger partial charge in [0.05, 0.1) is 0 Å². The number of amides is 1. The summed E-state index contributed by atoms with van der Waals surface area (Å²) in [5, 5.41) is 15.0. The van der Waals surface area contributed by atoms with Crippen molar-refractivity contribution in [2.45, 2.75) is 52.0 Å². The fourth-order valence-electron chi connectivity index (χ4n) is 2.64. The van der Waals surface area contributed by atoms with Crippen LogP contribution in [0.15, 0.2) is 0 Å². The van der Waals surface area contributed by atoms with Gasteiger partial charge in [-0.15, -0.1) is 0 Å². The predicted octanol–water partition coefficient (Wildman–Crippen LogP) is 1.38. The van der Waals surface area contributed by atoms with Crippen molar-refractivity contribution in [1.29, 1.82) is 0 Å². The normalized spacial score (nSPS) is 20.5. The highest BCUT2D eigenvalue weighted by Crippen LogP contribution is 2.15. The predicted molar refractivity (Wildman–Crippen MR) is 73.8 cm³/mol. The maximum absolute atomic E-state index is 11.8. The van der Waals surface area contributed by atoms with E-state index in [2.05, 4.69) is 24.5 Å². The fourth-order valence-corrected chi connectivity index (χ4v) is 2.64. The van der Waals surface area contributed by atoms with Crippen molar-refractivity contribution in [3.05, 3.63) is 0 Å². The van der Waals surface area contributed by atoms with E-state index in [1.807, 2.05) is 0 Å². The van der Waals surface area contributed by atoms with Crippen molar-refractivity contribution >= 4 is 11.9 Å². The number of carbonyl (C=O) groups is 2. The molecule has 19 heavy (non-hydrogen) atoms.